The molecule has 3 aromatic heterocycles. The van der Waals surface area contributed by atoms with Crippen LogP contribution in [0, 0.1) is 13.8 Å². The van der Waals surface area contributed by atoms with Crippen LogP contribution in [0.1, 0.15) is 20.8 Å². The van der Waals surface area contributed by atoms with Crippen molar-refractivity contribution < 1.29 is 26.4 Å². The number of thiophene rings is 1. The molecule has 50 heavy (non-hydrogen) atoms. The van der Waals surface area contributed by atoms with Crippen molar-refractivity contribution in [2.75, 3.05) is 67.4 Å². The average Bonchev–Trinajstić information content (AvgIpc) is 3.72. The van der Waals surface area contributed by atoms with Gasteiger partial charge >= 0.3 is 0 Å². The number of carbonyl (C=O) groups excluding carboxylic acids is 1. The zero-order valence-electron chi connectivity index (χ0n) is 28.0. The van der Waals surface area contributed by atoms with Gasteiger partial charge in [-0.3, -0.25) is 9.69 Å². The number of primary amides is 1. The monoisotopic (exact) mass is 738 g/mol. The largest absolute Gasteiger partial charge is 0.494 e. The second-order valence-corrected chi connectivity index (χ2v) is 17.1. The Bertz CT molecular complexity index is 2280. The summed E-state index contributed by atoms with van der Waals surface area (Å²) in [6.07, 6.45) is 2.68. The minimum Gasteiger partial charge on any atom is -0.494 e. The van der Waals surface area contributed by atoms with Gasteiger partial charge in [-0.2, -0.15) is 9.97 Å². The molecule has 14 nitrogen and oxygen atoms in total. The Labute approximate surface area is 294 Å². The third-order valence-corrected chi connectivity index (χ3v) is 12.0. The summed E-state index contributed by atoms with van der Waals surface area (Å²) in [5.41, 5.74) is 9.55. The van der Waals surface area contributed by atoms with Gasteiger partial charge in [-0.15, -0.1) is 11.3 Å². The third kappa shape index (κ3) is 7.40. The number of rotatable bonds is 12. The molecule has 1 saturated heterocycles. The number of hydrogen-bond acceptors (Lipinski definition) is 13. The Morgan fingerprint density at radius 3 is 2.34 bits per heavy atom. The minimum atomic E-state index is -4.05. The van der Waals surface area contributed by atoms with Crippen LogP contribution in [0.15, 0.2) is 65.0 Å². The van der Waals surface area contributed by atoms with Crippen molar-refractivity contribution in [3.05, 3.63) is 76.1 Å². The Morgan fingerprint density at radius 2 is 1.68 bits per heavy atom. The fourth-order valence-electron chi connectivity index (χ4n) is 5.80. The molecule has 1 fully saturated rings. The number of fused-ring (bicyclic) bond motifs is 1. The summed E-state index contributed by atoms with van der Waals surface area (Å²) in [5.74, 6) is 0.381. The van der Waals surface area contributed by atoms with E-state index in [9.17, 15) is 21.6 Å². The predicted octanol–water partition coefficient (Wildman–Crippen LogP) is 4.11. The first-order chi connectivity index (χ1) is 23.7. The van der Waals surface area contributed by atoms with Gasteiger partial charge in [-0.1, -0.05) is 17.7 Å². The SMILES string of the molecule is COc1cc(N2CCN(CCS(C)(=O)=O)CC2)c(C)cc1Nc1nc(Nc2ccsc2C(N)=O)c2ccn(S(=O)(=O)c3ccc(C)cc3)c2n1. The lowest BCUT2D eigenvalue weighted by Gasteiger charge is -2.37. The molecule has 264 valence electrons. The number of nitrogens with zero attached hydrogens (tertiary/aromatic N) is 5. The van der Waals surface area contributed by atoms with Gasteiger partial charge in [0.25, 0.3) is 15.9 Å². The first-order valence-corrected chi connectivity index (χ1v) is 20.1. The third-order valence-electron chi connectivity index (χ3n) is 8.49. The van der Waals surface area contributed by atoms with E-state index in [0.29, 0.717) is 33.9 Å². The summed E-state index contributed by atoms with van der Waals surface area (Å²) < 4.78 is 57.8. The lowest BCUT2D eigenvalue weighted by Crippen LogP contribution is -2.47. The Hall–Kier alpha value is -4.71. The lowest BCUT2D eigenvalue weighted by molar-refractivity contribution is 0.100. The van der Waals surface area contributed by atoms with Crippen molar-refractivity contribution >= 4 is 77.0 Å². The van der Waals surface area contributed by atoms with E-state index >= 15 is 0 Å². The number of aryl methyl sites for hydroxylation is 2. The van der Waals surface area contributed by atoms with Crippen molar-refractivity contribution in [2.24, 2.45) is 5.73 Å². The minimum absolute atomic E-state index is 0.0832. The van der Waals surface area contributed by atoms with Crippen LogP contribution in [-0.2, 0) is 19.9 Å². The summed E-state index contributed by atoms with van der Waals surface area (Å²) in [5, 5.41) is 8.52. The van der Waals surface area contributed by atoms with E-state index in [1.807, 2.05) is 26.0 Å². The summed E-state index contributed by atoms with van der Waals surface area (Å²) >= 11 is 1.18. The summed E-state index contributed by atoms with van der Waals surface area (Å²) in [6.45, 7) is 7.26. The quantitative estimate of drug-likeness (QED) is 0.167. The van der Waals surface area contributed by atoms with Gasteiger partial charge in [0.2, 0.25) is 5.95 Å². The molecule has 0 atom stereocenters. The molecule has 1 aliphatic heterocycles. The highest BCUT2D eigenvalue weighted by Gasteiger charge is 2.25. The number of nitrogens with two attached hydrogens (primary N) is 1. The number of anilines is 5. The molecule has 17 heteroatoms. The molecule has 1 aliphatic rings. The predicted molar refractivity (Wildman–Crippen MR) is 197 cm³/mol. The highest BCUT2D eigenvalue weighted by Crippen LogP contribution is 2.37. The molecule has 0 saturated carbocycles. The Morgan fingerprint density at radius 1 is 0.960 bits per heavy atom. The molecule has 0 bridgehead atoms. The molecule has 6 rings (SSSR count). The van der Waals surface area contributed by atoms with Gasteiger partial charge in [-0.05, 0) is 55.1 Å². The number of carbonyl (C=O) groups is 1. The van der Waals surface area contributed by atoms with Crippen molar-refractivity contribution in [3.8, 4) is 5.75 Å². The van der Waals surface area contributed by atoms with Gasteiger partial charge in [0.15, 0.2) is 5.65 Å². The summed E-state index contributed by atoms with van der Waals surface area (Å²) in [4.78, 5) is 26.3. The number of methoxy groups -OCH3 is 1. The molecule has 0 unspecified atom stereocenters. The fraction of sp³-hybridized carbons (Fsp3) is 0.303. The highest BCUT2D eigenvalue weighted by atomic mass is 32.2. The van der Waals surface area contributed by atoms with E-state index in [4.69, 9.17) is 15.5 Å². The molecule has 0 spiro atoms. The molecule has 1 amide bonds. The van der Waals surface area contributed by atoms with Gasteiger partial charge in [0, 0.05) is 56.9 Å². The van der Waals surface area contributed by atoms with E-state index in [0.717, 1.165) is 47.0 Å². The van der Waals surface area contributed by atoms with Crippen LogP contribution in [0.3, 0.4) is 0 Å². The normalized spacial score (nSPS) is 14.2. The second-order valence-electron chi connectivity index (χ2n) is 12.1. The van der Waals surface area contributed by atoms with Crippen LogP contribution in [0.25, 0.3) is 11.0 Å². The first-order valence-electron chi connectivity index (χ1n) is 15.7. The average molecular weight is 739 g/mol. The maximum absolute atomic E-state index is 13.8. The second kappa shape index (κ2) is 13.9. The molecule has 5 aromatic rings. The van der Waals surface area contributed by atoms with Gasteiger partial charge in [-0.25, -0.2) is 20.8 Å². The van der Waals surface area contributed by atoms with Crippen LogP contribution in [0.4, 0.5) is 28.8 Å². The van der Waals surface area contributed by atoms with Crippen LogP contribution in [0.2, 0.25) is 0 Å². The number of benzene rings is 2. The van der Waals surface area contributed by atoms with Crippen molar-refractivity contribution in [2.45, 2.75) is 18.7 Å². The summed E-state index contributed by atoms with van der Waals surface area (Å²) in [7, 11) is -5.52. The van der Waals surface area contributed by atoms with Crippen molar-refractivity contribution in [1.82, 2.24) is 18.8 Å². The van der Waals surface area contributed by atoms with Crippen LogP contribution in [0.5, 0.6) is 5.75 Å². The van der Waals surface area contributed by atoms with E-state index in [1.165, 1.54) is 23.8 Å². The zero-order chi connectivity index (χ0) is 35.8. The zero-order valence-corrected chi connectivity index (χ0v) is 30.5. The first kappa shape index (κ1) is 35.1. The lowest BCUT2D eigenvalue weighted by atomic mass is 10.1. The number of hydrogen-bond donors (Lipinski definition) is 3. The van der Waals surface area contributed by atoms with E-state index in [1.54, 1.807) is 48.9 Å². The number of nitrogens with one attached hydrogen (secondary N) is 2. The molecule has 0 radical (unpaired) electrons. The Kier molecular flexibility index (Phi) is 9.76. The highest BCUT2D eigenvalue weighted by molar-refractivity contribution is 7.90. The van der Waals surface area contributed by atoms with Gasteiger partial charge in [0.05, 0.1) is 34.5 Å². The smallest absolute Gasteiger partial charge is 0.269 e. The number of sulfone groups is 1. The summed E-state index contributed by atoms with van der Waals surface area (Å²) in [6, 6.07) is 13.7. The number of piperazine rings is 1. The maximum atomic E-state index is 13.8. The van der Waals surface area contributed by atoms with Gasteiger partial charge < -0.3 is 26.0 Å². The molecule has 4 heterocycles. The standard InChI is InChI=1S/C33H38N8O6S3/c1-21-5-7-23(8-6-21)50(45,46)41-11-9-24-31(35-25-10-17-48-29(25)30(34)42)37-33(38-32(24)41)36-26-19-22(2)27(20-28(26)47-3)40-14-12-39(13-15-40)16-18-49(4,43)44/h5-11,17,19-20H,12-16,18H2,1-4H3,(H2,34,42)(H2,35,36,37,38). The van der Waals surface area contributed by atoms with Crippen LogP contribution < -0.4 is 26.0 Å². The number of aromatic nitrogens is 3. The van der Waals surface area contributed by atoms with E-state index in [2.05, 4.69) is 25.4 Å². The van der Waals surface area contributed by atoms with Crippen LogP contribution >= 0.6 is 11.3 Å². The van der Waals surface area contributed by atoms with Gasteiger partial charge in [0.1, 0.15) is 26.3 Å². The van der Waals surface area contributed by atoms with Crippen molar-refractivity contribution in [3.63, 3.8) is 0 Å². The maximum Gasteiger partial charge on any atom is 0.269 e. The molecule has 2 aromatic carbocycles. The van der Waals surface area contributed by atoms with E-state index in [-0.39, 0.29) is 28.1 Å². The Balaban J connectivity index is 1.36. The van der Waals surface area contributed by atoms with Crippen LogP contribution in [-0.4, -0.2) is 93.4 Å². The molecule has 0 aliphatic carbocycles. The molecule has 4 N–H and O–H groups in total. The fourth-order valence-corrected chi connectivity index (χ4v) is 8.39. The molecular weight excluding hydrogens is 701 g/mol. The topological polar surface area (TPSA) is 182 Å². The molecular formula is C33H38N8O6S3. The van der Waals surface area contributed by atoms with Crippen molar-refractivity contribution in [1.29, 1.82) is 0 Å². The van der Waals surface area contributed by atoms with E-state index < -0.39 is 25.8 Å². The number of ether oxygens (including phenoxy) is 1. The number of amides is 1.